The molecule has 0 atom stereocenters. The van der Waals surface area contributed by atoms with E-state index < -0.39 is 8.80 Å². The molecule has 0 aliphatic carbocycles. The van der Waals surface area contributed by atoms with Crippen molar-refractivity contribution in [1.82, 2.24) is 0 Å². The summed E-state index contributed by atoms with van der Waals surface area (Å²) in [4.78, 5) is 0. The van der Waals surface area contributed by atoms with Gasteiger partial charge in [0.05, 0.1) is 0 Å². The van der Waals surface area contributed by atoms with Crippen molar-refractivity contribution in [3.63, 3.8) is 0 Å². The van der Waals surface area contributed by atoms with Gasteiger partial charge in [0, 0.05) is 0 Å². The molecule has 0 spiro atoms. The first-order chi connectivity index (χ1) is 10.7. The van der Waals surface area contributed by atoms with Gasteiger partial charge in [0.1, 0.15) is 8.80 Å². The largest absolute Gasteiger partial charge is 0.112 e. The second-order valence-corrected chi connectivity index (χ2v) is 8.64. The molecule has 1 radical (unpaired) electrons. The van der Waals surface area contributed by atoms with Crippen LogP contribution >= 0.6 is 0 Å². The van der Waals surface area contributed by atoms with Gasteiger partial charge in [-0.05, 0) is 51.4 Å². The fraction of sp³-hybridized carbons (Fsp3) is 0.143. The standard InChI is InChI=1S/C21H19Si/c1-4-14(2)22(3)19-13-11-17-9-8-15-6-5-7-16-10-12-18(19)21(17)20(15)16/h4-13H,1-3H3. The quantitative estimate of drug-likeness (QED) is 0.342. The van der Waals surface area contributed by atoms with Crippen molar-refractivity contribution in [3.05, 3.63) is 65.9 Å². The van der Waals surface area contributed by atoms with E-state index in [0.717, 1.165) is 0 Å². The molecule has 22 heavy (non-hydrogen) atoms. The molecule has 0 fully saturated rings. The van der Waals surface area contributed by atoms with Gasteiger partial charge in [0.2, 0.25) is 0 Å². The summed E-state index contributed by atoms with van der Waals surface area (Å²) in [5, 5.41) is 11.4. The summed E-state index contributed by atoms with van der Waals surface area (Å²) >= 11 is 0. The van der Waals surface area contributed by atoms with E-state index in [2.05, 4.69) is 81.1 Å². The van der Waals surface area contributed by atoms with Crippen LogP contribution in [-0.4, -0.2) is 8.80 Å². The number of hydrogen-bond acceptors (Lipinski definition) is 0. The van der Waals surface area contributed by atoms with E-state index >= 15 is 0 Å². The van der Waals surface area contributed by atoms with Gasteiger partial charge in [-0.3, -0.25) is 0 Å². The highest BCUT2D eigenvalue weighted by atomic mass is 28.3. The lowest BCUT2D eigenvalue weighted by Crippen LogP contribution is -2.28. The molecule has 4 rings (SSSR count). The summed E-state index contributed by atoms with van der Waals surface area (Å²) in [6, 6.07) is 20.4. The molecule has 0 unspecified atom stereocenters. The van der Waals surface area contributed by atoms with E-state index in [9.17, 15) is 0 Å². The van der Waals surface area contributed by atoms with Gasteiger partial charge in [-0.1, -0.05) is 72.4 Å². The Morgan fingerprint density at radius 1 is 0.818 bits per heavy atom. The van der Waals surface area contributed by atoms with Gasteiger partial charge in [-0.25, -0.2) is 0 Å². The lowest BCUT2D eigenvalue weighted by molar-refractivity contribution is 1.55. The molecule has 0 aliphatic rings. The maximum Gasteiger partial charge on any atom is 0.112 e. The minimum absolute atomic E-state index is 0.657. The van der Waals surface area contributed by atoms with Crippen LogP contribution in [0.15, 0.2) is 65.9 Å². The highest BCUT2D eigenvalue weighted by Crippen LogP contribution is 2.33. The van der Waals surface area contributed by atoms with Crippen molar-refractivity contribution < 1.29 is 0 Å². The van der Waals surface area contributed by atoms with Crippen LogP contribution in [0, 0.1) is 0 Å². The Bertz CT molecular complexity index is 995. The van der Waals surface area contributed by atoms with E-state index in [1.165, 1.54) is 42.7 Å². The Morgan fingerprint density at radius 3 is 2.09 bits per heavy atom. The zero-order valence-corrected chi connectivity index (χ0v) is 14.3. The second-order valence-electron chi connectivity index (χ2n) is 6.07. The molecule has 0 N–H and O–H groups in total. The maximum absolute atomic E-state index is 2.41. The fourth-order valence-electron chi connectivity index (χ4n) is 3.49. The van der Waals surface area contributed by atoms with Crippen LogP contribution in [0.3, 0.4) is 0 Å². The molecule has 0 aliphatic heterocycles. The Balaban J connectivity index is 2.17. The van der Waals surface area contributed by atoms with Crippen LogP contribution in [0.1, 0.15) is 13.8 Å². The van der Waals surface area contributed by atoms with Crippen molar-refractivity contribution in [2.45, 2.75) is 20.4 Å². The Labute approximate surface area is 133 Å². The first kappa shape index (κ1) is 13.5. The molecular formula is C21H19Si. The molecule has 0 bridgehead atoms. The third kappa shape index (κ3) is 1.82. The average Bonchev–Trinajstić information content (AvgIpc) is 2.58. The van der Waals surface area contributed by atoms with Gasteiger partial charge in [-0.15, -0.1) is 0 Å². The SMILES string of the molecule is CC=C(C)[Si](C)c1ccc2ccc3cccc4ccc1c2c34. The predicted octanol–water partition coefficient (Wildman–Crippen LogP) is 5.42. The van der Waals surface area contributed by atoms with Crippen LogP contribution < -0.4 is 5.19 Å². The van der Waals surface area contributed by atoms with Gasteiger partial charge in [0.15, 0.2) is 0 Å². The maximum atomic E-state index is 2.41. The molecule has 0 aromatic heterocycles. The van der Waals surface area contributed by atoms with Crippen LogP contribution in [-0.2, 0) is 0 Å². The third-order valence-corrected chi connectivity index (χ3v) is 7.67. The van der Waals surface area contributed by atoms with Crippen LogP contribution in [0.4, 0.5) is 0 Å². The Morgan fingerprint density at radius 2 is 1.41 bits per heavy atom. The summed E-state index contributed by atoms with van der Waals surface area (Å²) < 4.78 is 0. The lowest BCUT2D eigenvalue weighted by Gasteiger charge is -2.17. The fourth-order valence-corrected chi connectivity index (χ4v) is 5.29. The van der Waals surface area contributed by atoms with Crippen LogP contribution in [0.25, 0.3) is 32.3 Å². The molecule has 107 valence electrons. The molecule has 0 saturated carbocycles. The molecular weight excluding hydrogens is 280 g/mol. The molecule has 0 saturated heterocycles. The highest BCUT2D eigenvalue weighted by molar-refractivity contribution is 6.80. The summed E-state index contributed by atoms with van der Waals surface area (Å²) in [5.74, 6) is 0. The minimum Gasteiger partial charge on any atom is -0.0924 e. The van der Waals surface area contributed by atoms with Crippen molar-refractivity contribution >= 4 is 46.3 Å². The van der Waals surface area contributed by atoms with Gasteiger partial charge < -0.3 is 0 Å². The third-order valence-electron chi connectivity index (χ3n) is 4.96. The number of allylic oxidation sites excluding steroid dienone is 2. The van der Waals surface area contributed by atoms with E-state index in [-0.39, 0.29) is 0 Å². The normalized spacial score (nSPS) is 13.0. The molecule has 1 heteroatoms. The van der Waals surface area contributed by atoms with Crippen molar-refractivity contribution in [3.8, 4) is 0 Å². The Kier molecular flexibility index (Phi) is 3.05. The van der Waals surface area contributed by atoms with Crippen molar-refractivity contribution in [2.75, 3.05) is 0 Å². The summed E-state index contributed by atoms with van der Waals surface area (Å²) in [7, 11) is -0.657. The summed E-state index contributed by atoms with van der Waals surface area (Å²) in [5.41, 5.74) is 0. The smallest absolute Gasteiger partial charge is 0.0924 e. The minimum atomic E-state index is -0.657. The van der Waals surface area contributed by atoms with E-state index in [0.29, 0.717) is 0 Å². The first-order valence-corrected chi connectivity index (χ1v) is 9.84. The molecule has 0 amide bonds. The van der Waals surface area contributed by atoms with E-state index in [4.69, 9.17) is 0 Å². The monoisotopic (exact) mass is 299 g/mol. The molecule has 0 heterocycles. The predicted molar refractivity (Wildman–Crippen MR) is 101 cm³/mol. The molecule has 0 nitrogen and oxygen atoms in total. The second kappa shape index (κ2) is 4.96. The van der Waals surface area contributed by atoms with Gasteiger partial charge >= 0.3 is 0 Å². The number of rotatable bonds is 2. The summed E-state index contributed by atoms with van der Waals surface area (Å²) in [6.45, 7) is 6.83. The molecule has 4 aromatic carbocycles. The number of benzene rings is 4. The van der Waals surface area contributed by atoms with Crippen LogP contribution in [0.2, 0.25) is 6.55 Å². The van der Waals surface area contributed by atoms with Crippen LogP contribution in [0.5, 0.6) is 0 Å². The lowest BCUT2D eigenvalue weighted by atomic mass is 9.94. The van der Waals surface area contributed by atoms with Crippen molar-refractivity contribution in [1.29, 1.82) is 0 Å². The Hall–Kier alpha value is -2.12. The van der Waals surface area contributed by atoms with Gasteiger partial charge in [-0.2, -0.15) is 0 Å². The summed E-state index contributed by atoms with van der Waals surface area (Å²) in [6.07, 6.45) is 2.27. The zero-order valence-electron chi connectivity index (χ0n) is 13.3. The average molecular weight is 299 g/mol. The van der Waals surface area contributed by atoms with E-state index in [1.54, 1.807) is 0 Å². The first-order valence-electron chi connectivity index (χ1n) is 7.84. The van der Waals surface area contributed by atoms with Crippen molar-refractivity contribution in [2.24, 2.45) is 0 Å². The molecule has 4 aromatic rings. The zero-order chi connectivity index (χ0) is 15.3. The number of hydrogen-bond donors (Lipinski definition) is 0. The van der Waals surface area contributed by atoms with E-state index in [1.807, 2.05) is 0 Å². The van der Waals surface area contributed by atoms with Gasteiger partial charge in [0.25, 0.3) is 0 Å². The highest BCUT2D eigenvalue weighted by Gasteiger charge is 2.16. The topological polar surface area (TPSA) is 0 Å².